The molecule has 1 aliphatic rings. The van der Waals surface area contributed by atoms with Crippen LogP contribution in [0.25, 0.3) is 0 Å². The maximum absolute atomic E-state index is 13.6. The van der Waals surface area contributed by atoms with E-state index in [4.69, 9.17) is 0 Å². The van der Waals surface area contributed by atoms with Gasteiger partial charge in [0.05, 0.1) is 0 Å². The molecule has 0 saturated carbocycles. The summed E-state index contributed by atoms with van der Waals surface area (Å²) in [5, 5.41) is 3.39. The molecule has 0 bridgehead atoms. The van der Waals surface area contributed by atoms with E-state index in [2.05, 4.69) is 12.2 Å². The van der Waals surface area contributed by atoms with Crippen LogP contribution in [-0.2, 0) is 11.3 Å². The van der Waals surface area contributed by atoms with Crippen molar-refractivity contribution in [3.8, 4) is 0 Å². The Hall–Kier alpha value is -1.42. The van der Waals surface area contributed by atoms with Crippen LogP contribution in [0.15, 0.2) is 24.3 Å². The van der Waals surface area contributed by atoms with E-state index in [-0.39, 0.29) is 11.7 Å². The summed E-state index contributed by atoms with van der Waals surface area (Å²) in [6.45, 7) is 4.57. The second-order valence-electron chi connectivity index (χ2n) is 6.13. The second kappa shape index (κ2) is 7.55. The van der Waals surface area contributed by atoms with E-state index in [1.54, 1.807) is 30.1 Å². The molecule has 1 N–H and O–H groups in total. The van der Waals surface area contributed by atoms with Crippen LogP contribution in [0.3, 0.4) is 0 Å². The van der Waals surface area contributed by atoms with Crippen molar-refractivity contribution in [1.29, 1.82) is 0 Å². The van der Waals surface area contributed by atoms with E-state index < -0.39 is 0 Å². The van der Waals surface area contributed by atoms with Gasteiger partial charge in [0.15, 0.2) is 0 Å². The Kier molecular flexibility index (Phi) is 5.74. The largest absolute Gasteiger partial charge is 0.341 e. The van der Waals surface area contributed by atoms with Crippen LogP contribution in [0, 0.1) is 17.7 Å². The first-order valence-electron chi connectivity index (χ1n) is 7.76. The molecule has 116 valence electrons. The molecule has 1 aromatic carbocycles. The number of nitrogens with zero attached hydrogens (tertiary/aromatic N) is 1. The SMILES string of the molecule is CC(CC(=O)N(C)Cc1ccccc1F)C1CCCNC1. The van der Waals surface area contributed by atoms with Gasteiger partial charge >= 0.3 is 0 Å². The first kappa shape index (κ1) is 16.0. The van der Waals surface area contributed by atoms with Gasteiger partial charge in [0.2, 0.25) is 5.91 Å². The van der Waals surface area contributed by atoms with Gasteiger partial charge in [-0.15, -0.1) is 0 Å². The number of carbonyl (C=O) groups is 1. The third-order valence-electron chi connectivity index (χ3n) is 4.43. The number of amides is 1. The predicted molar refractivity (Wildman–Crippen MR) is 82.2 cm³/mol. The number of rotatable bonds is 5. The predicted octanol–water partition coefficient (Wildman–Crippen LogP) is 2.81. The molecule has 1 aromatic rings. The Morgan fingerprint density at radius 1 is 1.48 bits per heavy atom. The lowest BCUT2D eigenvalue weighted by atomic mass is 9.85. The summed E-state index contributed by atoms with van der Waals surface area (Å²) >= 11 is 0. The number of hydrogen-bond acceptors (Lipinski definition) is 2. The molecule has 0 aromatic heterocycles. The zero-order valence-corrected chi connectivity index (χ0v) is 12.9. The van der Waals surface area contributed by atoms with Gasteiger partial charge in [0.1, 0.15) is 5.82 Å². The van der Waals surface area contributed by atoms with E-state index in [0.29, 0.717) is 30.4 Å². The van der Waals surface area contributed by atoms with Gasteiger partial charge in [0, 0.05) is 25.6 Å². The van der Waals surface area contributed by atoms with Crippen LogP contribution < -0.4 is 5.32 Å². The maximum Gasteiger partial charge on any atom is 0.222 e. The summed E-state index contributed by atoms with van der Waals surface area (Å²) in [6, 6.07) is 6.63. The minimum absolute atomic E-state index is 0.0938. The van der Waals surface area contributed by atoms with Crippen LogP contribution in [0.4, 0.5) is 4.39 Å². The Labute approximate surface area is 126 Å². The standard InChI is InChI=1S/C17H25FN2O/c1-13(14-7-5-9-19-11-14)10-17(21)20(2)12-15-6-3-4-8-16(15)18/h3-4,6,8,13-14,19H,5,7,9-12H2,1-2H3. The van der Waals surface area contributed by atoms with Crippen molar-refractivity contribution < 1.29 is 9.18 Å². The Morgan fingerprint density at radius 3 is 2.90 bits per heavy atom. The summed E-state index contributed by atoms with van der Waals surface area (Å²) in [4.78, 5) is 13.9. The Bertz CT molecular complexity index is 472. The number of halogens is 1. The number of hydrogen-bond donors (Lipinski definition) is 1. The molecule has 2 rings (SSSR count). The van der Waals surface area contributed by atoms with Gasteiger partial charge in [-0.25, -0.2) is 4.39 Å². The van der Waals surface area contributed by atoms with Crippen LogP contribution in [-0.4, -0.2) is 30.9 Å². The van der Waals surface area contributed by atoms with Gasteiger partial charge in [-0.3, -0.25) is 4.79 Å². The second-order valence-corrected chi connectivity index (χ2v) is 6.13. The topological polar surface area (TPSA) is 32.3 Å². The smallest absolute Gasteiger partial charge is 0.222 e. The average Bonchev–Trinajstić information content (AvgIpc) is 2.50. The fourth-order valence-corrected chi connectivity index (χ4v) is 2.93. The minimum atomic E-state index is -0.248. The van der Waals surface area contributed by atoms with Gasteiger partial charge in [0.25, 0.3) is 0 Å². The van der Waals surface area contributed by atoms with Crippen molar-refractivity contribution >= 4 is 5.91 Å². The molecule has 3 nitrogen and oxygen atoms in total. The summed E-state index contributed by atoms with van der Waals surface area (Å²) in [7, 11) is 1.75. The molecule has 2 atom stereocenters. The monoisotopic (exact) mass is 292 g/mol. The van der Waals surface area contributed by atoms with Crippen molar-refractivity contribution in [2.24, 2.45) is 11.8 Å². The lowest BCUT2D eigenvalue weighted by molar-refractivity contribution is -0.131. The number of benzene rings is 1. The van der Waals surface area contributed by atoms with Crippen LogP contribution in [0.2, 0.25) is 0 Å². The number of piperidine rings is 1. The van der Waals surface area contributed by atoms with Crippen LogP contribution in [0.1, 0.15) is 31.7 Å². The summed E-state index contributed by atoms with van der Waals surface area (Å²) in [5.41, 5.74) is 0.570. The zero-order chi connectivity index (χ0) is 15.2. The van der Waals surface area contributed by atoms with E-state index in [1.165, 1.54) is 18.9 Å². The molecule has 21 heavy (non-hydrogen) atoms. The molecular weight excluding hydrogens is 267 g/mol. The molecule has 0 aliphatic carbocycles. The van der Waals surface area contributed by atoms with Crippen molar-refractivity contribution in [2.75, 3.05) is 20.1 Å². The molecule has 1 fully saturated rings. The van der Waals surface area contributed by atoms with Crippen LogP contribution >= 0.6 is 0 Å². The van der Waals surface area contributed by atoms with Gasteiger partial charge in [-0.2, -0.15) is 0 Å². The summed E-state index contributed by atoms with van der Waals surface area (Å²) < 4.78 is 13.6. The Balaban J connectivity index is 1.86. The average molecular weight is 292 g/mol. The van der Waals surface area contributed by atoms with E-state index in [0.717, 1.165) is 13.1 Å². The van der Waals surface area contributed by atoms with Crippen LogP contribution in [0.5, 0.6) is 0 Å². The minimum Gasteiger partial charge on any atom is -0.341 e. The fourth-order valence-electron chi connectivity index (χ4n) is 2.93. The highest BCUT2D eigenvalue weighted by molar-refractivity contribution is 5.76. The third-order valence-corrected chi connectivity index (χ3v) is 4.43. The number of nitrogens with one attached hydrogen (secondary N) is 1. The quantitative estimate of drug-likeness (QED) is 0.905. The highest BCUT2D eigenvalue weighted by Crippen LogP contribution is 2.23. The molecule has 0 radical (unpaired) electrons. The van der Waals surface area contributed by atoms with Gasteiger partial charge in [-0.05, 0) is 43.8 Å². The zero-order valence-electron chi connectivity index (χ0n) is 12.9. The Morgan fingerprint density at radius 2 is 2.24 bits per heavy atom. The fraction of sp³-hybridized carbons (Fsp3) is 0.588. The third kappa shape index (κ3) is 4.53. The summed E-state index contributed by atoms with van der Waals surface area (Å²) in [5.74, 6) is 0.788. The maximum atomic E-state index is 13.6. The molecule has 1 saturated heterocycles. The number of carbonyl (C=O) groups excluding carboxylic acids is 1. The first-order chi connectivity index (χ1) is 10.1. The van der Waals surface area contributed by atoms with Gasteiger partial charge in [-0.1, -0.05) is 25.1 Å². The van der Waals surface area contributed by atoms with E-state index in [9.17, 15) is 9.18 Å². The molecule has 1 heterocycles. The van der Waals surface area contributed by atoms with Gasteiger partial charge < -0.3 is 10.2 Å². The molecule has 4 heteroatoms. The van der Waals surface area contributed by atoms with Crippen molar-refractivity contribution in [3.05, 3.63) is 35.6 Å². The van der Waals surface area contributed by atoms with Crippen molar-refractivity contribution in [2.45, 2.75) is 32.7 Å². The highest BCUT2D eigenvalue weighted by Gasteiger charge is 2.23. The molecule has 1 aliphatic heterocycles. The van der Waals surface area contributed by atoms with E-state index >= 15 is 0 Å². The normalized spacial score (nSPS) is 20.0. The molecule has 1 amide bonds. The highest BCUT2D eigenvalue weighted by atomic mass is 19.1. The lowest BCUT2D eigenvalue weighted by Crippen LogP contribution is -2.36. The molecule has 2 unspecified atom stereocenters. The van der Waals surface area contributed by atoms with E-state index in [1.807, 2.05) is 0 Å². The first-order valence-corrected chi connectivity index (χ1v) is 7.76. The summed E-state index contributed by atoms with van der Waals surface area (Å²) in [6.07, 6.45) is 2.92. The molecule has 0 spiro atoms. The molecular formula is C17H25FN2O. The lowest BCUT2D eigenvalue weighted by Gasteiger charge is -2.29. The van der Waals surface area contributed by atoms with Crippen molar-refractivity contribution in [3.63, 3.8) is 0 Å². The van der Waals surface area contributed by atoms with Crippen molar-refractivity contribution in [1.82, 2.24) is 10.2 Å².